The SMILES string of the molecule is CSc1nc(N)c2ncn(C3OC(CO)C(C)C3C)c2n1. The number of anilines is 1. The minimum absolute atomic E-state index is 0.0157. The van der Waals surface area contributed by atoms with Crippen molar-refractivity contribution in [2.45, 2.75) is 31.3 Å². The lowest BCUT2D eigenvalue weighted by atomic mass is 9.93. The van der Waals surface area contributed by atoms with Crippen LogP contribution in [-0.2, 0) is 4.74 Å². The van der Waals surface area contributed by atoms with Gasteiger partial charge in [0, 0.05) is 5.92 Å². The van der Waals surface area contributed by atoms with Crippen LogP contribution in [-0.4, -0.2) is 43.6 Å². The number of aliphatic hydroxyl groups excluding tert-OH is 1. The number of hydrogen-bond donors (Lipinski definition) is 2. The monoisotopic (exact) mass is 309 g/mol. The van der Waals surface area contributed by atoms with Gasteiger partial charge in [0.25, 0.3) is 0 Å². The third kappa shape index (κ3) is 2.27. The van der Waals surface area contributed by atoms with Gasteiger partial charge in [0.2, 0.25) is 0 Å². The standard InChI is InChI=1S/C13H19N5O2S/c1-6-7(2)12(20-8(6)4-19)18-5-15-9-10(14)16-13(21-3)17-11(9)18/h5-8,12,19H,4H2,1-3H3,(H2,14,16,17). The van der Waals surface area contributed by atoms with E-state index < -0.39 is 0 Å². The van der Waals surface area contributed by atoms with Gasteiger partial charge in [-0.3, -0.25) is 4.57 Å². The smallest absolute Gasteiger partial charge is 0.191 e. The quantitative estimate of drug-likeness (QED) is 0.651. The second-order valence-corrected chi connectivity index (χ2v) is 6.16. The summed E-state index contributed by atoms with van der Waals surface area (Å²) in [5.41, 5.74) is 7.20. The third-order valence-corrected chi connectivity index (χ3v) is 4.79. The summed E-state index contributed by atoms with van der Waals surface area (Å²) in [5, 5.41) is 10.0. The van der Waals surface area contributed by atoms with E-state index >= 15 is 0 Å². The zero-order valence-electron chi connectivity index (χ0n) is 12.2. The number of fused-ring (bicyclic) bond motifs is 1. The first kappa shape index (κ1) is 14.6. The Morgan fingerprint density at radius 3 is 2.76 bits per heavy atom. The summed E-state index contributed by atoms with van der Waals surface area (Å²) in [6, 6.07) is 0. The maximum absolute atomic E-state index is 9.41. The highest BCUT2D eigenvalue weighted by molar-refractivity contribution is 7.98. The lowest BCUT2D eigenvalue weighted by molar-refractivity contribution is -0.0337. The van der Waals surface area contributed by atoms with E-state index in [1.807, 2.05) is 10.8 Å². The van der Waals surface area contributed by atoms with Gasteiger partial charge in [-0.05, 0) is 12.2 Å². The molecule has 114 valence electrons. The van der Waals surface area contributed by atoms with E-state index in [1.165, 1.54) is 11.8 Å². The normalized spacial score (nSPS) is 29.3. The summed E-state index contributed by atoms with van der Waals surface area (Å²) in [7, 11) is 0. The number of rotatable bonds is 3. The summed E-state index contributed by atoms with van der Waals surface area (Å²) in [5.74, 6) is 0.880. The van der Waals surface area contributed by atoms with Gasteiger partial charge in [0.05, 0.1) is 19.0 Å². The van der Waals surface area contributed by atoms with Gasteiger partial charge < -0.3 is 15.6 Å². The summed E-state index contributed by atoms with van der Waals surface area (Å²) in [6.07, 6.45) is 3.22. The van der Waals surface area contributed by atoms with Crippen molar-refractivity contribution in [2.24, 2.45) is 11.8 Å². The maximum atomic E-state index is 9.41. The van der Waals surface area contributed by atoms with E-state index in [-0.39, 0.29) is 30.8 Å². The first-order valence-electron chi connectivity index (χ1n) is 6.87. The molecule has 7 nitrogen and oxygen atoms in total. The predicted molar refractivity (Wildman–Crippen MR) is 80.8 cm³/mol. The van der Waals surface area contributed by atoms with Crippen LogP contribution in [0.25, 0.3) is 11.2 Å². The van der Waals surface area contributed by atoms with Crippen molar-refractivity contribution in [2.75, 3.05) is 18.6 Å². The van der Waals surface area contributed by atoms with Gasteiger partial charge in [0.1, 0.15) is 11.7 Å². The number of aliphatic hydroxyl groups is 1. The average Bonchev–Trinajstić information content (AvgIpc) is 3.02. The van der Waals surface area contributed by atoms with Crippen LogP contribution in [0.2, 0.25) is 0 Å². The highest BCUT2D eigenvalue weighted by Crippen LogP contribution is 2.40. The van der Waals surface area contributed by atoms with Crippen molar-refractivity contribution in [3.8, 4) is 0 Å². The Kier molecular flexibility index (Phi) is 3.76. The van der Waals surface area contributed by atoms with Crippen LogP contribution in [0.5, 0.6) is 0 Å². The van der Waals surface area contributed by atoms with Crippen LogP contribution in [0.15, 0.2) is 11.5 Å². The molecule has 2 aromatic rings. The van der Waals surface area contributed by atoms with Gasteiger partial charge in [-0.1, -0.05) is 25.6 Å². The second-order valence-electron chi connectivity index (χ2n) is 5.39. The molecule has 3 rings (SSSR count). The molecule has 2 aromatic heterocycles. The molecule has 0 aromatic carbocycles. The minimum Gasteiger partial charge on any atom is -0.394 e. The van der Waals surface area contributed by atoms with E-state index in [4.69, 9.17) is 10.5 Å². The van der Waals surface area contributed by atoms with Gasteiger partial charge >= 0.3 is 0 Å². The van der Waals surface area contributed by atoms with Crippen LogP contribution in [0.3, 0.4) is 0 Å². The molecule has 21 heavy (non-hydrogen) atoms. The number of imidazole rings is 1. The Bertz CT molecular complexity index is 661. The van der Waals surface area contributed by atoms with E-state index in [0.717, 1.165) is 0 Å². The summed E-state index contributed by atoms with van der Waals surface area (Å²) in [6.45, 7) is 4.21. The van der Waals surface area contributed by atoms with E-state index in [1.54, 1.807) is 6.33 Å². The van der Waals surface area contributed by atoms with Crippen LogP contribution in [0.4, 0.5) is 5.82 Å². The molecular formula is C13H19N5O2S. The number of nitrogen functional groups attached to an aromatic ring is 1. The lowest BCUT2D eigenvalue weighted by Crippen LogP contribution is -2.19. The van der Waals surface area contributed by atoms with Crippen molar-refractivity contribution >= 4 is 28.7 Å². The van der Waals surface area contributed by atoms with Crippen LogP contribution >= 0.6 is 11.8 Å². The minimum atomic E-state index is -0.203. The molecular weight excluding hydrogens is 290 g/mol. The molecule has 4 atom stereocenters. The summed E-state index contributed by atoms with van der Waals surface area (Å²) < 4.78 is 7.86. The van der Waals surface area contributed by atoms with E-state index in [9.17, 15) is 5.11 Å². The van der Waals surface area contributed by atoms with Crippen molar-refractivity contribution in [3.05, 3.63) is 6.33 Å². The fourth-order valence-electron chi connectivity index (χ4n) is 2.75. The maximum Gasteiger partial charge on any atom is 0.191 e. The van der Waals surface area contributed by atoms with Crippen molar-refractivity contribution in [3.63, 3.8) is 0 Å². The molecule has 1 fully saturated rings. The Balaban J connectivity index is 2.07. The first-order chi connectivity index (χ1) is 10.1. The Labute approximate surface area is 126 Å². The topological polar surface area (TPSA) is 99.1 Å². The van der Waals surface area contributed by atoms with Crippen LogP contribution in [0.1, 0.15) is 20.1 Å². The van der Waals surface area contributed by atoms with Crippen molar-refractivity contribution in [1.82, 2.24) is 19.5 Å². The van der Waals surface area contributed by atoms with E-state index in [2.05, 4.69) is 28.8 Å². The predicted octanol–water partition coefficient (Wildman–Crippen LogP) is 1.29. The number of thioether (sulfide) groups is 1. The number of ether oxygens (including phenoxy) is 1. The number of hydrogen-bond acceptors (Lipinski definition) is 7. The number of nitrogens with two attached hydrogens (primary N) is 1. The fourth-order valence-corrected chi connectivity index (χ4v) is 3.12. The molecule has 3 N–H and O–H groups in total. The molecule has 0 amide bonds. The highest BCUT2D eigenvalue weighted by Gasteiger charge is 2.40. The Morgan fingerprint density at radius 1 is 1.38 bits per heavy atom. The van der Waals surface area contributed by atoms with Crippen molar-refractivity contribution in [1.29, 1.82) is 0 Å². The Morgan fingerprint density at radius 2 is 2.14 bits per heavy atom. The van der Waals surface area contributed by atoms with Gasteiger partial charge in [-0.2, -0.15) is 0 Å². The van der Waals surface area contributed by atoms with Crippen molar-refractivity contribution < 1.29 is 9.84 Å². The molecule has 1 aliphatic rings. The molecule has 0 spiro atoms. The Hall–Kier alpha value is -1.38. The fraction of sp³-hybridized carbons (Fsp3) is 0.615. The van der Waals surface area contributed by atoms with Gasteiger partial charge in [0.15, 0.2) is 16.6 Å². The number of nitrogens with zero attached hydrogens (tertiary/aromatic N) is 4. The average molecular weight is 309 g/mol. The molecule has 0 bridgehead atoms. The van der Waals surface area contributed by atoms with Crippen LogP contribution in [0, 0.1) is 11.8 Å². The second kappa shape index (κ2) is 5.43. The van der Waals surface area contributed by atoms with Gasteiger partial charge in [-0.25, -0.2) is 15.0 Å². The molecule has 0 aliphatic carbocycles. The van der Waals surface area contributed by atoms with Crippen LogP contribution < -0.4 is 5.73 Å². The third-order valence-electron chi connectivity index (χ3n) is 4.24. The molecule has 1 aliphatic heterocycles. The largest absolute Gasteiger partial charge is 0.394 e. The van der Waals surface area contributed by atoms with E-state index in [0.29, 0.717) is 22.1 Å². The molecule has 1 saturated heterocycles. The highest BCUT2D eigenvalue weighted by atomic mass is 32.2. The first-order valence-corrected chi connectivity index (χ1v) is 8.09. The molecule has 0 radical (unpaired) electrons. The molecule has 4 unspecified atom stereocenters. The van der Waals surface area contributed by atoms with Gasteiger partial charge in [-0.15, -0.1) is 0 Å². The summed E-state index contributed by atoms with van der Waals surface area (Å²) >= 11 is 1.43. The molecule has 0 saturated carbocycles. The lowest BCUT2D eigenvalue weighted by Gasteiger charge is -2.18. The molecule has 3 heterocycles. The molecule has 8 heteroatoms. The zero-order chi connectivity index (χ0) is 15.1. The zero-order valence-corrected chi connectivity index (χ0v) is 13.0. The summed E-state index contributed by atoms with van der Waals surface area (Å²) in [4.78, 5) is 13.0. The number of aromatic nitrogens is 4.